The number of carbonyl (C=O) groups excluding carboxylic acids is 2. The molecule has 1 amide bonds. The summed E-state index contributed by atoms with van der Waals surface area (Å²) in [6, 6.07) is 25.0. The van der Waals surface area contributed by atoms with Crippen LogP contribution >= 0.6 is 0 Å². The molecule has 0 unspecified atom stereocenters. The van der Waals surface area contributed by atoms with Crippen molar-refractivity contribution in [3.05, 3.63) is 96.1 Å². The minimum Gasteiger partial charge on any atom is -0.465 e. The number of hydrogen-bond donors (Lipinski definition) is 1. The fourth-order valence-electron chi connectivity index (χ4n) is 3.25. The average Bonchev–Trinajstić information content (AvgIpc) is 2.84. The zero-order valence-corrected chi connectivity index (χ0v) is 19.8. The number of carbonyl (C=O) groups is 2. The van der Waals surface area contributed by atoms with Crippen LogP contribution in [0, 0.1) is 0 Å². The van der Waals surface area contributed by atoms with Crippen LogP contribution in [0.4, 0.5) is 5.69 Å². The summed E-state index contributed by atoms with van der Waals surface area (Å²) in [5.74, 6) is -0.786. The first kappa shape index (κ1) is 25.1. The van der Waals surface area contributed by atoms with Crippen molar-refractivity contribution in [2.24, 2.45) is 0 Å². The lowest BCUT2D eigenvalue weighted by atomic mass is 10.2. The number of amides is 1. The molecule has 178 valence electrons. The highest BCUT2D eigenvalue weighted by atomic mass is 32.2. The van der Waals surface area contributed by atoms with Crippen molar-refractivity contribution in [2.45, 2.75) is 30.7 Å². The summed E-state index contributed by atoms with van der Waals surface area (Å²) < 4.78 is 32.1. The largest absolute Gasteiger partial charge is 0.465 e. The smallest absolute Gasteiger partial charge is 0.306 e. The molecule has 0 aliphatic heterocycles. The molecule has 0 saturated heterocycles. The van der Waals surface area contributed by atoms with Crippen LogP contribution in [0.25, 0.3) is 0 Å². The molecule has 0 saturated carbocycles. The Morgan fingerprint density at radius 2 is 1.41 bits per heavy atom. The van der Waals surface area contributed by atoms with Gasteiger partial charge in [0.2, 0.25) is 15.9 Å². The third-order valence-electron chi connectivity index (χ3n) is 5.15. The Bertz CT molecular complexity index is 1180. The molecule has 0 spiro atoms. The predicted octanol–water partition coefficient (Wildman–Crippen LogP) is 4.01. The van der Waals surface area contributed by atoms with E-state index in [1.54, 1.807) is 0 Å². The molecule has 3 aromatic rings. The van der Waals surface area contributed by atoms with Crippen LogP contribution in [0.15, 0.2) is 89.8 Å². The molecular weight excluding hydrogens is 452 g/mol. The highest BCUT2D eigenvalue weighted by Crippen LogP contribution is 2.19. The zero-order valence-electron chi connectivity index (χ0n) is 19.0. The van der Waals surface area contributed by atoms with Gasteiger partial charge in [-0.05, 0) is 35.4 Å². The van der Waals surface area contributed by atoms with Gasteiger partial charge in [-0.25, -0.2) is 8.42 Å². The summed E-state index contributed by atoms with van der Waals surface area (Å²) in [4.78, 5) is 24.2. The molecule has 0 heterocycles. The fourth-order valence-corrected chi connectivity index (χ4v) is 4.41. The van der Waals surface area contributed by atoms with Crippen molar-refractivity contribution < 1.29 is 22.7 Å². The van der Waals surface area contributed by atoms with E-state index >= 15 is 0 Å². The molecule has 1 N–H and O–H groups in total. The maximum atomic E-state index is 12.8. The Labute approximate surface area is 200 Å². The predicted molar refractivity (Wildman–Crippen MR) is 131 cm³/mol. The number of sulfonamides is 1. The SMILES string of the molecule is CN(Cc1ccccc1)S(=O)(=O)c1ccc(NC(=O)CCC(=O)OCCc2ccccc2)cc1. The Morgan fingerprint density at radius 3 is 2.03 bits per heavy atom. The first-order valence-electron chi connectivity index (χ1n) is 10.9. The van der Waals surface area contributed by atoms with E-state index in [0.29, 0.717) is 12.1 Å². The maximum Gasteiger partial charge on any atom is 0.306 e. The van der Waals surface area contributed by atoms with Gasteiger partial charge in [-0.15, -0.1) is 0 Å². The van der Waals surface area contributed by atoms with Crippen LogP contribution in [-0.2, 0) is 37.3 Å². The number of anilines is 1. The van der Waals surface area contributed by atoms with Crippen molar-refractivity contribution in [1.29, 1.82) is 0 Å². The van der Waals surface area contributed by atoms with E-state index in [1.165, 1.54) is 35.6 Å². The van der Waals surface area contributed by atoms with Crippen LogP contribution in [0.5, 0.6) is 0 Å². The van der Waals surface area contributed by atoms with Gasteiger partial charge in [0.25, 0.3) is 0 Å². The molecule has 8 heteroatoms. The molecule has 7 nitrogen and oxygen atoms in total. The lowest BCUT2D eigenvalue weighted by Crippen LogP contribution is -2.26. The fraction of sp³-hybridized carbons (Fsp3) is 0.231. The van der Waals surface area contributed by atoms with E-state index in [4.69, 9.17) is 4.74 Å². The van der Waals surface area contributed by atoms with Crippen LogP contribution in [-0.4, -0.2) is 38.3 Å². The molecule has 34 heavy (non-hydrogen) atoms. The summed E-state index contributed by atoms with van der Waals surface area (Å²) in [6.07, 6.45) is 0.565. The van der Waals surface area contributed by atoms with E-state index in [1.807, 2.05) is 60.7 Å². The lowest BCUT2D eigenvalue weighted by molar-refractivity contribution is -0.144. The minimum absolute atomic E-state index is 0.0238. The van der Waals surface area contributed by atoms with Crippen molar-refractivity contribution >= 4 is 27.6 Å². The van der Waals surface area contributed by atoms with Gasteiger partial charge in [0.1, 0.15) is 0 Å². The lowest BCUT2D eigenvalue weighted by Gasteiger charge is -2.17. The Balaban J connectivity index is 1.44. The highest BCUT2D eigenvalue weighted by Gasteiger charge is 2.21. The summed E-state index contributed by atoms with van der Waals surface area (Å²) in [7, 11) is -2.15. The molecule has 0 fully saturated rings. The Morgan fingerprint density at radius 1 is 0.824 bits per heavy atom. The molecule has 3 aromatic carbocycles. The summed E-state index contributed by atoms with van der Waals surface area (Å²) in [5.41, 5.74) is 2.41. The van der Waals surface area contributed by atoms with Gasteiger partial charge < -0.3 is 10.1 Å². The number of esters is 1. The Hall–Kier alpha value is -3.49. The molecule has 0 aliphatic rings. The standard InChI is InChI=1S/C26H28N2O5S/c1-28(20-22-10-6-3-7-11-22)34(31,32)24-14-12-23(13-15-24)27-25(29)16-17-26(30)33-19-18-21-8-4-2-5-9-21/h2-15H,16-20H2,1H3,(H,27,29). The van der Waals surface area contributed by atoms with E-state index in [0.717, 1.165) is 11.1 Å². The van der Waals surface area contributed by atoms with Crippen LogP contribution in [0.3, 0.4) is 0 Å². The number of benzene rings is 3. The third kappa shape index (κ3) is 7.54. The van der Waals surface area contributed by atoms with Gasteiger partial charge in [-0.2, -0.15) is 4.31 Å². The topological polar surface area (TPSA) is 92.8 Å². The monoisotopic (exact) mass is 480 g/mol. The van der Waals surface area contributed by atoms with E-state index < -0.39 is 16.0 Å². The number of ether oxygens (including phenoxy) is 1. The van der Waals surface area contributed by atoms with Gasteiger partial charge >= 0.3 is 5.97 Å². The minimum atomic E-state index is -3.67. The number of hydrogen-bond acceptors (Lipinski definition) is 5. The first-order chi connectivity index (χ1) is 16.3. The molecule has 0 aromatic heterocycles. The van der Waals surface area contributed by atoms with Crippen LogP contribution in [0.1, 0.15) is 24.0 Å². The molecule has 0 atom stereocenters. The van der Waals surface area contributed by atoms with E-state index in [9.17, 15) is 18.0 Å². The third-order valence-corrected chi connectivity index (χ3v) is 6.96. The number of nitrogens with zero attached hydrogens (tertiary/aromatic N) is 1. The molecule has 0 radical (unpaired) electrons. The average molecular weight is 481 g/mol. The zero-order chi connectivity index (χ0) is 24.4. The number of rotatable bonds is 11. The van der Waals surface area contributed by atoms with Crippen LogP contribution < -0.4 is 5.32 Å². The second-order valence-corrected chi connectivity index (χ2v) is 9.82. The second kappa shape index (κ2) is 12.1. The van der Waals surface area contributed by atoms with E-state index in [-0.39, 0.29) is 36.8 Å². The van der Waals surface area contributed by atoms with Gasteiger partial charge in [0.15, 0.2) is 0 Å². The Kier molecular flexibility index (Phi) is 8.95. The molecule has 3 rings (SSSR count). The van der Waals surface area contributed by atoms with Gasteiger partial charge in [0, 0.05) is 32.1 Å². The van der Waals surface area contributed by atoms with Crippen molar-refractivity contribution in [3.8, 4) is 0 Å². The highest BCUT2D eigenvalue weighted by molar-refractivity contribution is 7.89. The van der Waals surface area contributed by atoms with Crippen LogP contribution in [0.2, 0.25) is 0 Å². The summed E-state index contributed by atoms with van der Waals surface area (Å²) in [6.45, 7) is 0.516. The van der Waals surface area contributed by atoms with Crippen molar-refractivity contribution in [2.75, 3.05) is 19.0 Å². The first-order valence-corrected chi connectivity index (χ1v) is 12.4. The molecule has 0 aliphatic carbocycles. The summed E-state index contributed by atoms with van der Waals surface area (Å²) in [5, 5.41) is 2.67. The molecule has 0 bridgehead atoms. The van der Waals surface area contributed by atoms with Crippen molar-refractivity contribution in [1.82, 2.24) is 4.31 Å². The van der Waals surface area contributed by atoms with Gasteiger partial charge in [-0.1, -0.05) is 60.7 Å². The van der Waals surface area contributed by atoms with Crippen molar-refractivity contribution in [3.63, 3.8) is 0 Å². The van der Waals surface area contributed by atoms with Gasteiger partial charge in [-0.3, -0.25) is 9.59 Å². The molecular formula is C26H28N2O5S. The van der Waals surface area contributed by atoms with Gasteiger partial charge in [0.05, 0.1) is 17.9 Å². The maximum absolute atomic E-state index is 12.8. The normalized spacial score (nSPS) is 11.2. The quantitative estimate of drug-likeness (QED) is 0.419. The second-order valence-electron chi connectivity index (χ2n) is 7.78. The number of nitrogens with one attached hydrogen (secondary N) is 1. The summed E-state index contributed by atoms with van der Waals surface area (Å²) >= 11 is 0. The van der Waals surface area contributed by atoms with E-state index in [2.05, 4.69) is 5.32 Å².